The molecule has 2 atom stereocenters. The van der Waals surface area contributed by atoms with Gasteiger partial charge in [-0.25, -0.2) is 0 Å². The molecule has 0 amide bonds. The third-order valence-corrected chi connectivity index (χ3v) is 10.2. The van der Waals surface area contributed by atoms with E-state index in [1.807, 2.05) is 25.1 Å². The summed E-state index contributed by atoms with van der Waals surface area (Å²) in [5.74, 6) is -0.000501. The van der Waals surface area contributed by atoms with Crippen molar-refractivity contribution in [2.75, 3.05) is 0 Å². The van der Waals surface area contributed by atoms with Crippen molar-refractivity contribution >= 4 is 18.7 Å². The second kappa shape index (κ2) is 7.59. The molecule has 1 saturated heterocycles. The first-order valence-electron chi connectivity index (χ1n) is 9.64. The number of benzene rings is 2. The lowest BCUT2D eigenvalue weighted by Crippen LogP contribution is -2.61. The molecule has 27 heavy (non-hydrogen) atoms. The fraction of sp³-hybridized carbons (Fsp3) is 0.333. The van der Waals surface area contributed by atoms with Gasteiger partial charge in [0.25, 0.3) is 8.32 Å². The molecule has 1 N–H and O–H groups in total. The van der Waals surface area contributed by atoms with Crippen LogP contribution in [-0.2, 0) is 4.43 Å². The summed E-state index contributed by atoms with van der Waals surface area (Å²) in [7, 11) is -2.65. The van der Waals surface area contributed by atoms with Crippen LogP contribution in [0.15, 0.2) is 84.1 Å². The van der Waals surface area contributed by atoms with Gasteiger partial charge in [0.1, 0.15) is 0 Å². The van der Waals surface area contributed by atoms with Gasteiger partial charge >= 0.3 is 0 Å². The van der Waals surface area contributed by atoms with Gasteiger partial charge < -0.3 is 9.53 Å². The third kappa shape index (κ3) is 3.60. The van der Waals surface area contributed by atoms with Crippen molar-refractivity contribution in [3.05, 3.63) is 84.1 Å². The topological polar surface area (TPSA) is 29.5 Å². The van der Waals surface area contributed by atoms with Crippen molar-refractivity contribution in [2.24, 2.45) is 5.92 Å². The van der Waals surface area contributed by atoms with E-state index in [1.165, 1.54) is 15.6 Å². The van der Waals surface area contributed by atoms with Crippen LogP contribution in [0.4, 0.5) is 0 Å². The molecule has 142 valence electrons. The minimum absolute atomic E-state index is 0.000501. The van der Waals surface area contributed by atoms with Crippen molar-refractivity contribution in [3.8, 4) is 0 Å². The SMILES string of the molecule is C=C[C@H](C)[C@H](O)/C(C)=C1/CC(C)(C)O[Si]1(c1ccccc1)c1ccccc1. The van der Waals surface area contributed by atoms with Crippen LogP contribution < -0.4 is 10.4 Å². The molecule has 0 bridgehead atoms. The molecule has 2 aromatic carbocycles. The van der Waals surface area contributed by atoms with Crippen LogP contribution in [0, 0.1) is 5.92 Å². The van der Waals surface area contributed by atoms with E-state index >= 15 is 0 Å². The molecule has 1 fully saturated rings. The minimum Gasteiger partial charge on any atom is -0.399 e. The first-order valence-corrected chi connectivity index (χ1v) is 11.5. The second-order valence-electron chi connectivity index (χ2n) is 8.15. The van der Waals surface area contributed by atoms with Gasteiger partial charge in [-0.3, -0.25) is 0 Å². The van der Waals surface area contributed by atoms with Crippen molar-refractivity contribution in [1.82, 2.24) is 0 Å². The van der Waals surface area contributed by atoms with Gasteiger partial charge in [-0.05, 0) is 48.3 Å². The summed E-state index contributed by atoms with van der Waals surface area (Å²) in [6.45, 7) is 12.3. The fourth-order valence-electron chi connectivity index (χ4n) is 4.16. The average molecular weight is 379 g/mol. The highest BCUT2D eigenvalue weighted by Gasteiger charge is 2.54. The van der Waals surface area contributed by atoms with Crippen molar-refractivity contribution in [3.63, 3.8) is 0 Å². The van der Waals surface area contributed by atoms with E-state index < -0.39 is 14.4 Å². The number of hydrogen-bond donors (Lipinski definition) is 1. The van der Waals surface area contributed by atoms with E-state index in [1.54, 1.807) is 0 Å². The predicted octanol–water partition coefficient (Wildman–Crippen LogP) is 3.98. The molecule has 0 aromatic heterocycles. The van der Waals surface area contributed by atoms with Crippen LogP contribution in [0.1, 0.15) is 34.1 Å². The van der Waals surface area contributed by atoms with E-state index in [9.17, 15) is 5.11 Å². The Morgan fingerprint density at radius 1 is 1.07 bits per heavy atom. The maximum Gasteiger partial charge on any atom is 0.284 e. The maximum atomic E-state index is 11.0. The van der Waals surface area contributed by atoms with Gasteiger partial charge in [0.05, 0.1) is 11.7 Å². The molecule has 0 saturated carbocycles. The quantitative estimate of drug-likeness (QED) is 0.630. The smallest absolute Gasteiger partial charge is 0.284 e. The summed E-state index contributed by atoms with van der Waals surface area (Å²) in [6.07, 6.45) is 2.11. The Morgan fingerprint density at radius 3 is 2.00 bits per heavy atom. The highest BCUT2D eigenvalue weighted by molar-refractivity contribution is 7.03. The molecule has 2 aromatic rings. The summed E-state index contributed by atoms with van der Waals surface area (Å²) < 4.78 is 6.95. The molecule has 2 nitrogen and oxygen atoms in total. The van der Waals surface area contributed by atoms with E-state index in [-0.39, 0.29) is 11.5 Å². The summed E-state index contributed by atoms with van der Waals surface area (Å²) >= 11 is 0. The molecule has 3 rings (SSSR count). The lowest BCUT2D eigenvalue weighted by Gasteiger charge is -2.33. The predicted molar refractivity (Wildman–Crippen MR) is 116 cm³/mol. The molecule has 0 radical (unpaired) electrons. The molecule has 1 aliphatic rings. The van der Waals surface area contributed by atoms with E-state index in [2.05, 4.69) is 75.9 Å². The largest absolute Gasteiger partial charge is 0.399 e. The Balaban J connectivity index is 2.31. The molecule has 0 aliphatic carbocycles. The van der Waals surface area contributed by atoms with E-state index in [4.69, 9.17) is 4.43 Å². The van der Waals surface area contributed by atoms with E-state index in [0.29, 0.717) is 0 Å². The van der Waals surface area contributed by atoms with Gasteiger partial charge in [0.15, 0.2) is 0 Å². The standard InChI is InChI=1S/C24H30O2Si/c1-6-18(2)23(25)19(3)22-17-24(4,5)26-27(22,20-13-9-7-10-14-20)21-15-11-8-12-16-21/h6-16,18,23,25H,1,17H2,2-5H3/b22-19-/t18-,23-/m0/s1. The first kappa shape index (κ1) is 19.8. The van der Waals surface area contributed by atoms with Crippen LogP contribution in [-0.4, -0.2) is 25.1 Å². The number of rotatable bonds is 5. The lowest BCUT2D eigenvalue weighted by atomic mass is 9.95. The minimum atomic E-state index is -2.65. The highest BCUT2D eigenvalue weighted by atomic mass is 28.4. The van der Waals surface area contributed by atoms with Crippen LogP contribution in [0.2, 0.25) is 0 Å². The summed E-state index contributed by atoms with van der Waals surface area (Å²) in [6, 6.07) is 21.1. The molecular formula is C24H30O2Si. The second-order valence-corrected chi connectivity index (χ2v) is 11.5. The fourth-order valence-corrected chi connectivity index (χ4v) is 9.15. The Labute approximate surface area is 164 Å². The average Bonchev–Trinajstić information content (AvgIpc) is 3.00. The van der Waals surface area contributed by atoms with E-state index in [0.717, 1.165) is 12.0 Å². The summed E-state index contributed by atoms with van der Waals surface area (Å²) in [5.41, 5.74) is 0.762. The van der Waals surface area contributed by atoms with Crippen LogP contribution >= 0.6 is 0 Å². The Bertz CT molecular complexity index is 784. The zero-order valence-electron chi connectivity index (χ0n) is 16.8. The zero-order chi connectivity index (χ0) is 19.7. The lowest BCUT2D eigenvalue weighted by molar-refractivity contribution is 0.133. The van der Waals surface area contributed by atoms with Crippen molar-refractivity contribution in [1.29, 1.82) is 0 Å². The normalized spacial score (nSPS) is 22.1. The number of aliphatic hydroxyl groups excluding tert-OH is 1. The van der Waals surface area contributed by atoms with Crippen molar-refractivity contribution in [2.45, 2.75) is 45.8 Å². The Kier molecular flexibility index (Phi) is 5.57. The molecule has 3 heteroatoms. The monoisotopic (exact) mass is 378 g/mol. The first-order chi connectivity index (χ1) is 12.8. The molecule has 1 aliphatic heterocycles. The van der Waals surface area contributed by atoms with Crippen LogP contribution in [0.5, 0.6) is 0 Å². The zero-order valence-corrected chi connectivity index (χ0v) is 17.8. The number of hydrogen-bond acceptors (Lipinski definition) is 2. The van der Waals surface area contributed by atoms with Gasteiger partial charge in [-0.2, -0.15) is 0 Å². The van der Waals surface area contributed by atoms with Gasteiger partial charge in [-0.15, -0.1) is 6.58 Å². The van der Waals surface area contributed by atoms with Gasteiger partial charge in [0.2, 0.25) is 0 Å². The summed E-state index contributed by atoms with van der Waals surface area (Å²) in [5, 5.41) is 14.7. The van der Waals surface area contributed by atoms with Crippen molar-refractivity contribution < 1.29 is 9.53 Å². The molecule has 1 heterocycles. The van der Waals surface area contributed by atoms with Gasteiger partial charge in [-0.1, -0.05) is 73.7 Å². The third-order valence-electron chi connectivity index (χ3n) is 5.61. The summed E-state index contributed by atoms with van der Waals surface area (Å²) in [4.78, 5) is 0. The molecule has 0 spiro atoms. The molecular weight excluding hydrogens is 348 g/mol. The Morgan fingerprint density at radius 2 is 1.56 bits per heavy atom. The Hall–Kier alpha value is -1.94. The maximum absolute atomic E-state index is 11.0. The molecule has 0 unspecified atom stereocenters. The van der Waals surface area contributed by atoms with Gasteiger partial charge in [0, 0.05) is 5.92 Å². The van der Waals surface area contributed by atoms with Crippen LogP contribution in [0.25, 0.3) is 0 Å². The highest BCUT2D eigenvalue weighted by Crippen LogP contribution is 2.41. The van der Waals surface area contributed by atoms with Crippen LogP contribution in [0.3, 0.4) is 0 Å². The number of aliphatic hydroxyl groups is 1.